The summed E-state index contributed by atoms with van der Waals surface area (Å²) in [6, 6.07) is 11.7. The van der Waals surface area contributed by atoms with Gasteiger partial charge in [-0.05, 0) is 67.8 Å². The lowest BCUT2D eigenvalue weighted by molar-refractivity contribution is 0.196. The van der Waals surface area contributed by atoms with Crippen molar-refractivity contribution in [2.45, 2.75) is 26.3 Å². The van der Waals surface area contributed by atoms with E-state index in [4.69, 9.17) is 10.5 Å². The number of nitrogens with two attached hydrogens (primary N) is 1. The Labute approximate surface area is 170 Å². The predicted molar refractivity (Wildman–Crippen MR) is 113 cm³/mol. The third-order valence-corrected chi connectivity index (χ3v) is 5.12. The minimum absolute atomic E-state index is 0.0203. The molecule has 6 nitrogen and oxygen atoms in total. The lowest BCUT2D eigenvalue weighted by Gasteiger charge is -2.32. The number of rotatable bonds is 5. The van der Waals surface area contributed by atoms with Crippen molar-refractivity contribution in [3.05, 3.63) is 59.4 Å². The van der Waals surface area contributed by atoms with Crippen LogP contribution in [-0.4, -0.2) is 37.0 Å². The minimum Gasteiger partial charge on any atom is -0.497 e. The van der Waals surface area contributed by atoms with E-state index in [0.29, 0.717) is 22.8 Å². The maximum absolute atomic E-state index is 13.5. The van der Waals surface area contributed by atoms with Gasteiger partial charge < -0.3 is 15.8 Å². The molecule has 1 aliphatic heterocycles. The Bertz CT molecular complexity index is 883. The van der Waals surface area contributed by atoms with E-state index in [9.17, 15) is 9.18 Å². The number of methoxy groups -OCH3 is 1. The molecule has 1 saturated heterocycles. The van der Waals surface area contributed by atoms with Crippen molar-refractivity contribution in [2.24, 2.45) is 16.6 Å². The van der Waals surface area contributed by atoms with Crippen LogP contribution in [0.1, 0.15) is 24.0 Å². The number of hydrogen-bond donors (Lipinski definition) is 2. The van der Waals surface area contributed by atoms with Crippen LogP contribution in [0.3, 0.4) is 0 Å². The number of carbonyl (C=O) groups is 1. The van der Waals surface area contributed by atoms with Crippen molar-refractivity contribution >= 4 is 17.6 Å². The van der Waals surface area contributed by atoms with Crippen LogP contribution in [-0.2, 0) is 6.54 Å². The number of amidine groups is 1. The molecule has 1 heterocycles. The second-order valence-corrected chi connectivity index (χ2v) is 7.35. The number of aryl methyl sites for hydroxylation is 1. The molecule has 0 aliphatic carbocycles. The zero-order chi connectivity index (χ0) is 20.8. The average Bonchev–Trinajstić information content (AvgIpc) is 2.71. The summed E-state index contributed by atoms with van der Waals surface area (Å²) in [5, 5.41) is 2.71. The summed E-state index contributed by atoms with van der Waals surface area (Å²) < 4.78 is 18.6. The molecule has 3 rings (SSSR count). The molecule has 2 aromatic rings. The van der Waals surface area contributed by atoms with Crippen LogP contribution in [0.4, 0.5) is 14.9 Å². The van der Waals surface area contributed by atoms with Crippen molar-refractivity contribution in [1.29, 1.82) is 0 Å². The lowest BCUT2D eigenvalue weighted by atomic mass is 9.96. The van der Waals surface area contributed by atoms with Crippen LogP contribution in [0, 0.1) is 18.7 Å². The topological polar surface area (TPSA) is 79.9 Å². The molecule has 29 heavy (non-hydrogen) atoms. The van der Waals surface area contributed by atoms with E-state index in [-0.39, 0.29) is 11.7 Å². The number of halogens is 1. The van der Waals surface area contributed by atoms with E-state index in [1.54, 1.807) is 38.3 Å². The first-order valence-electron chi connectivity index (χ1n) is 9.71. The molecule has 0 saturated carbocycles. The van der Waals surface area contributed by atoms with Gasteiger partial charge in [-0.25, -0.2) is 9.18 Å². The molecule has 2 aromatic carbocycles. The van der Waals surface area contributed by atoms with Gasteiger partial charge in [-0.2, -0.15) is 4.99 Å². The fourth-order valence-electron chi connectivity index (χ4n) is 3.54. The summed E-state index contributed by atoms with van der Waals surface area (Å²) in [4.78, 5) is 18.5. The van der Waals surface area contributed by atoms with Crippen molar-refractivity contribution < 1.29 is 13.9 Å². The zero-order valence-corrected chi connectivity index (χ0v) is 16.8. The second-order valence-electron chi connectivity index (χ2n) is 7.35. The highest BCUT2D eigenvalue weighted by molar-refractivity contribution is 6.00. The Hall–Kier alpha value is -2.93. The number of urea groups is 1. The van der Waals surface area contributed by atoms with Crippen LogP contribution in [0.25, 0.3) is 0 Å². The number of hydrogen-bond acceptors (Lipinski definition) is 3. The number of benzene rings is 2. The Morgan fingerprint density at radius 2 is 2.07 bits per heavy atom. The van der Waals surface area contributed by atoms with Gasteiger partial charge in [-0.3, -0.25) is 4.90 Å². The minimum atomic E-state index is -0.487. The molecule has 3 N–H and O–H groups in total. The molecule has 0 aromatic heterocycles. The van der Waals surface area contributed by atoms with Gasteiger partial charge in [0, 0.05) is 24.7 Å². The number of ether oxygens (including phenoxy) is 1. The first kappa shape index (κ1) is 20.8. The maximum Gasteiger partial charge on any atom is 0.347 e. The fourth-order valence-corrected chi connectivity index (χ4v) is 3.54. The van der Waals surface area contributed by atoms with Gasteiger partial charge in [-0.15, -0.1) is 0 Å². The summed E-state index contributed by atoms with van der Waals surface area (Å²) >= 11 is 0. The van der Waals surface area contributed by atoms with Crippen LogP contribution >= 0.6 is 0 Å². The molecule has 1 unspecified atom stereocenters. The van der Waals surface area contributed by atoms with Crippen molar-refractivity contribution in [1.82, 2.24) is 4.90 Å². The molecule has 154 valence electrons. The molecule has 0 spiro atoms. The Morgan fingerprint density at radius 1 is 1.31 bits per heavy atom. The van der Waals surface area contributed by atoms with Crippen molar-refractivity contribution in [3.8, 4) is 5.75 Å². The highest BCUT2D eigenvalue weighted by Gasteiger charge is 2.23. The molecule has 1 atom stereocenters. The van der Waals surface area contributed by atoms with Gasteiger partial charge >= 0.3 is 6.03 Å². The molecule has 0 bridgehead atoms. The fraction of sp³-hybridized carbons (Fsp3) is 0.364. The normalized spacial score (nSPS) is 17.8. The molecule has 0 radical (unpaired) electrons. The molecule has 2 amide bonds. The first-order chi connectivity index (χ1) is 13.9. The zero-order valence-electron chi connectivity index (χ0n) is 16.8. The number of nitrogens with zero attached hydrogens (tertiary/aromatic N) is 2. The summed E-state index contributed by atoms with van der Waals surface area (Å²) in [5.41, 5.74) is 8.48. The van der Waals surface area contributed by atoms with Crippen molar-refractivity contribution in [2.75, 3.05) is 25.5 Å². The number of piperidine rings is 1. The third kappa shape index (κ3) is 5.77. The van der Waals surface area contributed by atoms with Gasteiger partial charge in [0.05, 0.1) is 7.11 Å². The van der Waals surface area contributed by atoms with E-state index in [1.807, 2.05) is 12.1 Å². The molecular weight excluding hydrogens is 371 g/mol. The summed E-state index contributed by atoms with van der Waals surface area (Å²) in [6.45, 7) is 4.16. The Balaban J connectivity index is 1.58. The molecule has 7 heteroatoms. The van der Waals surface area contributed by atoms with Gasteiger partial charge in [0.15, 0.2) is 0 Å². The number of nitrogens with one attached hydrogen (secondary N) is 1. The SMILES string of the molecule is COc1ccc(NC(=O)/N=C(\N)C2CCCN(Cc3ccc(F)c(C)c3)C2)cc1. The largest absolute Gasteiger partial charge is 0.497 e. The van der Waals surface area contributed by atoms with E-state index >= 15 is 0 Å². The maximum atomic E-state index is 13.5. The van der Waals surface area contributed by atoms with Gasteiger partial charge in [0.1, 0.15) is 17.4 Å². The van der Waals surface area contributed by atoms with Crippen LogP contribution in [0.2, 0.25) is 0 Å². The van der Waals surface area contributed by atoms with Gasteiger partial charge in [-0.1, -0.05) is 12.1 Å². The highest BCUT2D eigenvalue weighted by atomic mass is 19.1. The summed E-state index contributed by atoms with van der Waals surface area (Å²) in [6.07, 6.45) is 1.87. The van der Waals surface area contributed by atoms with Crippen LogP contribution < -0.4 is 15.8 Å². The summed E-state index contributed by atoms with van der Waals surface area (Å²) in [7, 11) is 1.59. The monoisotopic (exact) mass is 398 g/mol. The smallest absolute Gasteiger partial charge is 0.347 e. The molecule has 1 aliphatic rings. The molecular formula is C22H27FN4O2. The Morgan fingerprint density at radius 3 is 2.76 bits per heavy atom. The summed E-state index contributed by atoms with van der Waals surface area (Å²) in [5.74, 6) is 0.886. The molecule has 1 fully saturated rings. The average molecular weight is 398 g/mol. The van der Waals surface area contributed by atoms with Crippen LogP contribution in [0.15, 0.2) is 47.5 Å². The van der Waals surface area contributed by atoms with E-state index in [0.717, 1.165) is 38.0 Å². The van der Waals surface area contributed by atoms with Gasteiger partial charge in [0.2, 0.25) is 0 Å². The highest BCUT2D eigenvalue weighted by Crippen LogP contribution is 2.20. The predicted octanol–water partition coefficient (Wildman–Crippen LogP) is 3.94. The number of anilines is 1. The second kappa shape index (κ2) is 9.52. The lowest BCUT2D eigenvalue weighted by Crippen LogP contribution is -2.41. The standard InChI is InChI=1S/C22H27FN4O2/c1-15-12-16(5-10-20(15)23)13-27-11-3-4-17(14-27)21(24)26-22(28)25-18-6-8-19(29-2)9-7-18/h5-10,12,17H,3-4,11,13-14H2,1-2H3,(H3,24,25,26,28). The Kier molecular flexibility index (Phi) is 6.82. The number of carbonyl (C=O) groups excluding carboxylic acids is 1. The number of amides is 2. The van der Waals surface area contributed by atoms with Crippen molar-refractivity contribution in [3.63, 3.8) is 0 Å². The first-order valence-corrected chi connectivity index (χ1v) is 9.71. The van der Waals surface area contributed by atoms with E-state index in [2.05, 4.69) is 15.2 Å². The van der Waals surface area contributed by atoms with E-state index < -0.39 is 6.03 Å². The number of likely N-dealkylation sites (tertiary alicyclic amines) is 1. The van der Waals surface area contributed by atoms with Crippen LogP contribution in [0.5, 0.6) is 5.75 Å². The third-order valence-electron chi connectivity index (χ3n) is 5.12. The quantitative estimate of drug-likeness (QED) is 0.590. The number of aliphatic imine (C=N–C) groups is 1. The van der Waals surface area contributed by atoms with E-state index in [1.165, 1.54) is 6.07 Å². The van der Waals surface area contributed by atoms with Gasteiger partial charge in [0.25, 0.3) is 0 Å².